The molecule has 1 aromatic carbocycles. The molecule has 1 aromatic rings. The highest BCUT2D eigenvalue weighted by Gasteiger charge is 2.31. The maximum atomic E-state index is 12.6. The summed E-state index contributed by atoms with van der Waals surface area (Å²) < 4.78 is 37.7. The van der Waals surface area contributed by atoms with E-state index in [1.165, 1.54) is 6.07 Å². The number of rotatable bonds is 3. The maximum Gasteiger partial charge on any atom is 0.416 e. The lowest BCUT2D eigenvalue weighted by Crippen LogP contribution is -2.38. The van der Waals surface area contributed by atoms with Crippen molar-refractivity contribution in [1.29, 1.82) is 0 Å². The fourth-order valence-corrected chi connectivity index (χ4v) is 2.66. The number of benzene rings is 1. The first-order chi connectivity index (χ1) is 9.40. The highest BCUT2D eigenvalue weighted by molar-refractivity contribution is 6.33. The van der Waals surface area contributed by atoms with Crippen molar-refractivity contribution in [3.63, 3.8) is 0 Å². The molecule has 2 nitrogen and oxygen atoms in total. The molecule has 0 saturated carbocycles. The first-order valence-corrected chi connectivity index (χ1v) is 7.13. The Bertz CT molecular complexity index is 454. The number of likely N-dealkylation sites (tertiary alicyclic amines) is 1. The van der Waals surface area contributed by atoms with E-state index in [1.54, 1.807) is 0 Å². The number of anilines is 1. The van der Waals surface area contributed by atoms with Crippen molar-refractivity contribution in [1.82, 2.24) is 4.90 Å². The van der Waals surface area contributed by atoms with E-state index >= 15 is 0 Å². The fraction of sp³-hybridized carbons (Fsp3) is 0.571. The normalized spacial score (nSPS) is 18.2. The third kappa shape index (κ3) is 3.79. The van der Waals surface area contributed by atoms with Crippen LogP contribution in [-0.2, 0) is 6.18 Å². The minimum atomic E-state index is -4.35. The van der Waals surface area contributed by atoms with Gasteiger partial charge in [0.15, 0.2) is 0 Å². The summed E-state index contributed by atoms with van der Waals surface area (Å²) in [7, 11) is 0. The number of hydrogen-bond acceptors (Lipinski definition) is 2. The Morgan fingerprint density at radius 3 is 2.45 bits per heavy atom. The molecule has 0 spiro atoms. The van der Waals surface area contributed by atoms with E-state index in [4.69, 9.17) is 11.6 Å². The number of piperidine rings is 1. The molecule has 0 bridgehead atoms. The summed E-state index contributed by atoms with van der Waals surface area (Å²) in [4.78, 5) is 2.35. The Hall–Kier alpha value is -0.940. The van der Waals surface area contributed by atoms with Gasteiger partial charge in [-0.25, -0.2) is 0 Å². The van der Waals surface area contributed by atoms with E-state index in [0.717, 1.165) is 44.6 Å². The van der Waals surface area contributed by atoms with Crippen molar-refractivity contribution in [2.75, 3.05) is 25.0 Å². The minimum Gasteiger partial charge on any atom is -0.381 e. The monoisotopic (exact) mass is 306 g/mol. The molecule has 20 heavy (non-hydrogen) atoms. The molecule has 0 unspecified atom stereocenters. The smallest absolute Gasteiger partial charge is 0.381 e. The number of halogens is 4. The zero-order valence-corrected chi connectivity index (χ0v) is 12.1. The van der Waals surface area contributed by atoms with Gasteiger partial charge in [-0.1, -0.05) is 18.5 Å². The maximum absolute atomic E-state index is 12.6. The highest BCUT2D eigenvalue weighted by atomic mass is 35.5. The molecule has 0 aromatic heterocycles. The summed E-state index contributed by atoms with van der Waals surface area (Å²) in [5.41, 5.74) is -0.136. The van der Waals surface area contributed by atoms with Gasteiger partial charge in [0.05, 0.1) is 16.3 Å². The summed E-state index contributed by atoms with van der Waals surface area (Å²) in [6.07, 6.45) is -2.40. The van der Waals surface area contributed by atoms with Gasteiger partial charge in [-0.05, 0) is 37.6 Å². The van der Waals surface area contributed by atoms with Crippen LogP contribution in [-0.4, -0.2) is 30.6 Å². The lowest BCUT2D eigenvalue weighted by Gasteiger charge is -2.32. The second kappa shape index (κ2) is 6.22. The Morgan fingerprint density at radius 2 is 1.95 bits per heavy atom. The van der Waals surface area contributed by atoms with Gasteiger partial charge >= 0.3 is 6.18 Å². The van der Waals surface area contributed by atoms with Crippen LogP contribution in [0.15, 0.2) is 18.2 Å². The molecule has 1 saturated heterocycles. The van der Waals surface area contributed by atoms with Gasteiger partial charge in [-0.3, -0.25) is 0 Å². The van der Waals surface area contributed by atoms with Crippen LogP contribution in [0.4, 0.5) is 18.9 Å². The van der Waals surface area contributed by atoms with Crippen LogP contribution in [0.5, 0.6) is 0 Å². The van der Waals surface area contributed by atoms with Crippen LogP contribution in [0.25, 0.3) is 0 Å². The molecule has 1 aliphatic rings. The summed E-state index contributed by atoms with van der Waals surface area (Å²) >= 11 is 5.94. The molecule has 0 radical (unpaired) electrons. The van der Waals surface area contributed by atoms with E-state index < -0.39 is 11.7 Å². The Labute approximate surface area is 121 Å². The molecule has 1 N–H and O–H groups in total. The van der Waals surface area contributed by atoms with Gasteiger partial charge in [0.25, 0.3) is 0 Å². The minimum absolute atomic E-state index is 0.123. The number of nitrogens with zero attached hydrogens (tertiary/aromatic N) is 1. The SMILES string of the molecule is CCN1CCC(Nc2ccc(C(F)(F)F)cc2Cl)CC1. The summed E-state index contributed by atoms with van der Waals surface area (Å²) in [5, 5.41) is 3.37. The third-order valence-corrected chi connectivity index (χ3v) is 4.00. The van der Waals surface area contributed by atoms with Crippen LogP contribution in [0.3, 0.4) is 0 Å². The van der Waals surface area contributed by atoms with Crippen LogP contribution in [0.2, 0.25) is 5.02 Å². The third-order valence-electron chi connectivity index (χ3n) is 3.69. The van der Waals surface area contributed by atoms with E-state index in [9.17, 15) is 13.2 Å². The molecule has 1 heterocycles. The summed E-state index contributed by atoms with van der Waals surface area (Å²) in [5.74, 6) is 0. The van der Waals surface area contributed by atoms with E-state index in [1.807, 2.05) is 0 Å². The van der Waals surface area contributed by atoms with Crippen molar-refractivity contribution in [3.05, 3.63) is 28.8 Å². The molecular formula is C14H18ClF3N2. The first-order valence-electron chi connectivity index (χ1n) is 6.75. The Kier molecular flexibility index (Phi) is 4.81. The molecular weight excluding hydrogens is 289 g/mol. The second-order valence-electron chi connectivity index (χ2n) is 5.05. The van der Waals surface area contributed by atoms with E-state index in [2.05, 4.69) is 17.1 Å². The topological polar surface area (TPSA) is 15.3 Å². The van der Waals surface area contributed by atoms with Gasteiger partial charge < -0.3 is 10.2 Å². The summed E-state index contributed by atoms with van der Waals surface area (Å²) in [6, 6.07) is 3.73. The van der Waals surface area contributed by atoms with E-state index in [-0.39, 0.29) is 11.1 Å². The largest absolute Gasteiger partial charge is 0.416 e. The molecule has 0 aliphatic carbocycles. The van der Waals surface area contributed by atoms with Crippen LogP contribution in [0, 0.1) is 0 Å². The number of nitrogens with one attached hydrogen (secondary N) is 1. The molecule has 0 atom stereocenters. The molecule has 0 amide bonds. The van der Waals surface area contributed by atoms with Crippen molar-refractivity contribution < 1.29 is 13.2 Å². The molecule has 112 valence electrons. The zero-order valence-electron chi connectivity index (χ0n) is 11.3. The highest BCUT2D eigenvalue weighted by Crippen LogP contribution is 2.34. The number of alkyl halides is 3. The predicted octanol–water partition coefficient (Wildman–Crippen LogP) is 4.26. The molecule has 6 heteroatoms. The second-order valence-corrected chi connectivity index (χ2v) is 5.45. The van der Waals surface area contributed by atoms with Crippen molar-refractivity contribution in [2.45, 2.75) is 32.0 Å². The standard InChI is InChI=1S/C14H18ClF3N2/c1-2-20-7-5-11(6-8-20)19-13-4-3-10(9-12(13)15)14(16,17)18/h3-4,9,11,19H,2,5-8H2,1H3. The van der Waals surface area contributed by atoms with Crippen molar-refractivity contribution in [2.24, 2.45) is 0 Å². The zero-order chi connectivity index (χ0) is 14.8. The van der Waals surface area contributed by atoms with E-state index in [0.29, 0.717) is 5.69 Å². The Morgan fingerprint density at radius 1 is 1.30 bits per heavy atom. The van der Waals surface area contributed by atoms with Crippen molar-refractivity contribution in [3.8, 4) is 0 Å². The molecule has 1 aliphatic heterocycles. The van der Waals surface area contributed by atoms with Gasteiger partial charge in [-0.15, -0.1) is 0 Å². The van der Waals surface area contributed by atoms with Gasteiger partial charge in [0.1, 0.15) is 0 Å². The summed E-state index contributed by atoms with van der Waals surface area (Å²) in [6.45, 7) is 5.17. The fourth-order valence-electron chi connectivity index (χ4n) is 2.42. The quantitative estimate of drug-likeness (QED) is 0.898. The Balaban J connectivity index is 2.00. The molecule has 2 rings (SSSR count). The lowest BCUT2D eigenvalue weighted by molar-refractivity contribution is -0.137. The van der Waals surface area contributed by atoms with Crippen LogP contribution in [0.1, 0.15) is 25.3 Å². The average molecular weight is 307 g/mol. The average Bonchev–Trinajstić information content (AvgIpc) is 2.41. The predicted molar refractivity (Wildman–Crippen MR) is 75.2 cm³/mol. The lowest BCUT2D eigenvalue weighted by atomic mass is 10.0. The van der Waals surface area contributed by atoms with Crippen molar-refractivity contribution >= 4 is 17.3 Å². The van der Waals surface area contributed by atoms with Gasteiger partial charge in [0.2, 0.25) is 0 Å². The van der Waals surface area contributed by atoms with Gasteiger partial charge in [-0.2, -0.15) is 13.2 Å². The van der Waals surface area contributed by atoms with Crippen LogP contribution < -0.4 is 5.32 Å². The first kappa shape index (κ1) is 15.4. The molecule has 1 fully saturated rings. The van der Waals surface area contributed by atoms with Gasteiger partial charge in [0, 0.05) is 19.1 Å². The van der Waals surface area contributed by atoms with Crippen LogP contribution >= 0.6 is 11.6 Å². The number of hydrogen-bond donors (Lipinski definition) is 1.